The van der Waals surface area contributed by atoms with E-state index in [-0.39, 0.29) is 29.8 Å². The van der Waals surface area contributed by atoms with E-state index in [1.807, 2.05) is 31.3 Å². The Morgan fingerprint density at radius 3 is 2.94 bits per heavy atom. The van der Waals surface area contributed by atoms with Gasteiger partial charge in [0.25, 0.3) is 0 Å². The lowest BCUT2D eigenvalue weighted by Gasteiger charge is -2.34. The number of piperidine rings is 1. The van der Waals surface area contributed by atoms with E-state index >= 15 is 0 Å². The number of carbonyl (C=O) groups excluding carboxylic acids is 1. The number of H-pyrrole nitrogens is 1. The molecule has 0 radical (unpaired) electrons. The van der Waals surface area contributed by atoms with E-state index in [0.29, 0.717) is 18.0 Å². The van der Waals surface area contributed by atoms with Gasteiger partial charge in [-0.05, 0) is 53.4 Å². The van der Waals surface area contributed by atoms with Gasteiger partial charge >= 0.3 is 0 Å². The van der Waals surface area contributed by atoms with Crippen LogP contribution in [0.2, 0.25) is 0 Å². The highest BCUT2D eigenvalue weighted by molar-refractivity contribution is 5.93. The van der Waals surface area contributed by atoms with E-state index in [2.05, 4.69) is 42.5 Å². The molecule has 36 heavy (non-hydrogen) atoms. The molecule has 4 aromatic rings. The molecule has 6 rings (SSSR count). The first kappa shape index (κ1) is 22.8. The number of hydrogen-bond donors (Lipinski definition) is 5. The number of nitrogens with zero attached hydrogens (tertiary/aromatic N) is 2. The van der Waals surface area contributed by atoms with E-state index in [0.717, 1.165) is 46.4 Å². The van der Waals surface area contributed by atoms with Crippen LogP contribution in [0.25, 0.3) is 22.2 Å². The molecule has 0 spiro atoms. The van der Waals surface area contributed by atoms with Crippen molar-refractivity contribution in [2.24, 2.45) is 5.92 Å². The van der Waals surface area contributed by atoms with Crippen molar-refractivity contribution in [1.82, 2.24) is 31.1 Å². The van der Waals surface area contributed by atoms with Gasteiger partial charge in [-0.1, -0.05) is 19.1 Å². The number of pyridine rings is 2. The minimum atomic E-state index is -0.258. The smallest absolute Gasteiger partial charge is 0.224 e. The molecule has 2 saturated heterocycles. The zero-order valence-corrected chi connectivity index (χ0v) is 19.9. The Morgan fingerprint density at radius 1 is 1.17 bits per heavy atom. The van der Waals surface area contributed by atoms with Crippen molar-refractivity contribution < 1.29 is 9.18 Å². The van der Waals surface area contributed by atoms with Gasteiger partial charge in [-0.3, -0.25) is 15.2 Å². The second kappa shape index (κ2) is 9.42. The zero-order valence-electron chi connectivity index (χ0n) is 19.9. The van der Waals surface area contributed by atoms with Crippen molar-refractivity contribution in [2.45, 2.75) is 37.9 Å². The predicted molar refractivity (Wildman–Crippen MR) is 136 cm³/mol. The van der Waals surface area contributed by atoms with Crippen LogP contribution in [0.4, 0.5) is 10.1 Å². The van der Waals surface area contributed by atoms with Crippen molar-refractivity contribution in [3.63, 3.8) is 0 Å². The highest BCUT2D eigenvalue weighted by atomic mass is 19.1. The molecule has 5 heterocycles. The van der Waals surface area contributed by atoms with Gasteiger partial charge in [0.05, 0.1) is 17.9 Å². The van der Waals surface area contributed by atoms with Gasteiger partial charge < -0.3 is 15.6 Å². The predicted octanol–water partition coefficient (Wildman–Crippen LogP) is 3.98. The molecule has 9 heteroatoms. The van der Waals surface area contributed by atoms with E-state index in [1.165, 1.54) is 6.07 Å². The fourth-order valence-electron chi connectivity index (χ4n) is 5.42. The maximum atomic E-state index is 13.9. The number of benzene rings is 1. The number of hydrazine groups is 1. The summed E-state index contributed by atoms with van der Waals surface area (Å²) in [7, 11) is 0. The van der Waals surface area contributed by atoms with Gasteiger partial charge in [0.1, 0.15) is 11.5 Å². The molecule has 5 N–H and O–H groups in total. The first-order chi connectivity index (χ1) is 17.6. The molecule has 2 fully saturated rings. The fourth-order valence-corrected chi connectivity index (χ4v) is 5.42. The van der Waals surface area contributed by atoms with Gasteiger partial charge in [0.15, 0.2) is 0 Å². The molecule has 184 valence electrons. The summed E-state index contributed by atoms with van der Waals surface area (Å²) in [5.74, 6) is 0.0296. The van der Waals surface area contributed by atoms with Gasteiger partial charge in [0.2, 0.25) is 5.91 Å². The Bertz CT molecular complexity index is 1420. The maximum Gasteiger partial charge on any atom is 0.224 e. The summed E-state index contributed by atoms with van der Waals surface area (Å²) >= 11 is 0. The Morgan fingerprint density at radius 2 is 2.08 bits per heavy atom. The van der Waals surface area contributed by atoms with E-state index in [4.69, 9.17) is 0 Å². The number of carbonyl (C=O) groups is 1. The van der Waals surface area contributed by atoms with Gasteiger partial charge in [-0.25, -0.2) is 14.8 Å². The lowest BCUT2D eigenvalue weighted by molar-refractivity contribution is -0.115. The van der Waals surface area contributed by atoms with Gasteiger partial charge in [-0.15, -0.1) is 0 Å². The number of nitrogens with one attached hydrogen (secondary N) is 5. The average molecular weight is 486 g/mol. The molecule has 8 nitrogen and oxygen atoms in total. The van der Waals surface area contributed by atoms with Crippen LogP contribution in [0.1, 0.15) is 43.1 Å². The lowest BCUT2D eigenvalue weighted by Crippen LogP contribution is -2.46. The maximum absolute atomic E-state index is 13.9. The van der Waals surface area contributed by atoms with Crippen LogP contribution in [0.3, 0.4) is 0 Å². The summed E-state index contributed by atoms with van der Waals surface area (Å²) in [6, 6.07) is 13.1. The summed E-state index contributed by atoms with van der Waals surface area (Å²) in [6.45, 7) is 2.63. The van der Waals surface area contributed by atoms with Crippen LogP contribution in [-0.4, -0.2) is 33.4 Å². The molecule has 1 amide bonds. The number of fused-ring (bicyclic) bond motifs is 2. The topological polar surface area (TPSA) is 107 Å². The summed E-state index contributed by atoms with van der Waals surface area (Å²) < 4.78 is 13.9. The monoisotopic (exact) mass is 485 g/mol. The zero-order chi connectivity index (χ0) is 24.6. The number of aromatic amines is 1. The molecule has 0 saturated carbocycles. The fraction of sp³-hybridized carbons (Fsp3) is 0.296. The summed E-state index contributed by atoms with van der Waals surface area (Å²) in [6.07, 6.45) is 6.61. The quantitative estimate of drug-likeness (QED) is 0.293. The van der Waals surface area contributed by atoms with Crippen LogP contribution in [0.5, 0.6) is 0 Å². The van der Waals surface area contributed by atoms with Crippen molar-refractivity contribution in [1.29, 1.82) is 0 Å². The van der Waals surface area contributed by atoms with Crippen LogP contribution in [-0.2, 0) is 4.79 Å². The third kappa shape index (κ3) is 4.26. The van der Waals surface area contributed by atoms with E-state index in [1.54, 1.807) is 24.5 Å². The molecule has 4 atom stereocenters. The highest BCUT2D eigenvalue weighted by Crippen LogP contribution is 2.40. The van der Waals surface area contributed by atoms with Crippen LogP contribution in [0.15, 0.2) is 61.1 Å². The first-order valence-electron chi connectivity index (χ1n) is 12.3. The minimum absolute atomic E-state index is 0.0279. The number of rotatable bonds is 5. The number of aromatic nitrogens is 3. The van der Waals surface area contributed by atoms with Crippen LogP contribution in [0, 0.1) is 11.7 Å². The molecule has 1 aromatic carbocycles. The molecule has 3 aromatic heterocycles. The molecular formula is C27H28FN7O. The second-order valence-corrected chi connectivity index (χ2v) is 9.50. The van der Waals surface area contributed by atoms with Crippen molar-refractivity contribution >= 4 is 22.6 Å². The third-order valence-corrected chi connectivity index (χ3v) is 7.25. The molecular weight excluding hydrogens is 457 g/mol. The second-order valence-electron chi connectivity index (χ2n) is 9.50. The van der Waals surface area contributed by atoms with E-state index in [9.17, 15) is 9.18 Å². The molecule has 4 unspecified atom stereocenters. The first-order valence-corrected chi connectivity index (χ1v) is 12.3. The molecule has 0 aliphatic carbocycles. The summed E-state index contributed by atoms with van der Waals surface area (Å²) in [4.78, 5) is 24.2. The van der Waals surface area contributed by atoms with Gasteiger partial charge in [-0.2, -0.15) is 0 Å². The highest BCUT2D eigenvalue weighted by Gasteiger charge is 2.42. The largest absolute Gasteiger partial charge is 0.342 e. The van der Waals surface area contributed by atoms with Crippen molar-refractivity contribution in [2.75, 3.05) is 11.9 Å². The molecule has 2 aliphatic heterocycles. The minimum Gasteiger partial charge on any atom is -0.342 e. The van der Waals surface area contributed by atoms with E-state index < -0.39 is 0 Å². The van der Waals surface area contributed by atoms with Crippen molar-refractivity contribution in [3.05, 3.63) is 78.1 Å². The Kier molecular flexibility index (Phi) is 5.96. The SMILES string of the molecule is CCC(=O)Nc1cncc(C2CC3C(CN2)NNC3c2cc3c(-c4cccc(F)c4)ccnc3[nH]2)c1. The number of amides is 1. The summed E-state index contributed by atoms with van der Waals surface area (Å²) in [5, 5.41) is 7.49. The third-order valence-electron chi connectivity index (χ3n) is 7.25. The normalized spacial score (nSPS) is 23.5. The molecule has 2 aliphatic rings. The molecule has 0 bridgehead atoms. The summed E-state index contributed by atoms with van der Waals surface area (Å²) in [5.41, 5.74) is 12.3. The lowest BCUT2D eigenvalue weighted by atomic mass is 9.81. The number of anilines is 1. The standard InChI is InChI=1S/C27H28FN7O/c1-2-25(36)32-18-9-16(12-29-13-18)22-11-21-24(14-31-22)34-35-26(21)23-10-20-19(6-7-30-27(20)33-23)15-4-3-5-17(28)8-15/h3-10,12-13,21-22,24,26,31,34-35H,2,11,14H2,1H3,(H,30,33)(H,32,36). The number of halogens is 1. The van der Waals surface area contributed by atoms with Crippen LogP contribution >= 0.6 is 0 Å². The Hall–Kier alpha value is -3.66. The Balaban J connectivity index is 1.27. The van der Waals surface area contributed by atoms with Crippen molar-refractivity contribution in [3.8, 4) is 11.1 Å². The van der Waals surface area contributed by atoms with Crippen LogP contribution < -0.4 is 21.5 Å². The Labute approximate surface area is 208 Å². The van der Waals surface area contributed by atoms with Gasteiger partial charge in [0, 0.05) is 54.4 Å². The number of hydrogen-bond acceptors (Lipinski definition) is 6. The average Bonchev–Trinajstić information content (AvgIpc) is 3.52.